The molecule has 1 amide bonds. The molecule has 116 valence electrons. The number of nitrogens with zero attached hydrogens (tertiary/aromatic N) is 1. The highest BCUT2D eigenvalue weighted by molar-refractivity contribution is 8.07. The number of benzene rings is 2. The third-order valence-electron chi connectivity index (χ3n) is 2.42. The molecule has 0 aliphatic carbocycles. The molecule has 4 N–H and O–H groups in total. The topological polar surface area (TPSA) is 130 Å². The van der Waals surface area contributed by atoms with E-state index in [0.29, 0.717) is 5.56 Å². The Labute approximate surface area is 127 Å². The minimum Gasteiger partial charge on any atom is -0.465 e. The second-order valence-electron chi connectivity index (χ2n) is 3.93. The van der Waals surface area contributed by atoms with E-state index >= 15 is 0 Å². The van der Waals surface area contributed by atoms with Crippen molar-refractivity contribution in [2.45, 2.75) is 4.90 Å². The van der Waals surface area contributed by atoms with Crippen molar-refractivity contribution in [1.82, 2.24) is 0 Å². The molecular weight excluding hydrogens is 308 g/mol. The normalized spacial score (nSPS) is 11.2. The van der Waals surface area contributed by atoms with Crippen LogP contribution in [-0.2, 0) is 9.84 Å². The van der Waals surface area contributed by atoms with Gasteiger partial charge in [-0.05, 0) is 12.1 Å². The monoisotopic (exact) mass is 322 g/mol. The van der Waals surface area contributed by atoms with Crippen molar-refractivity contribution in [2.75, 3.05) is 0 Å². The highest BCUT2D eigenvalue weighted by atomic mass is 32.2. The zero-order valence-corrected chi connectivity index (χ0v) is 12.1. The molecule has 22 heavy (non-hydrogen) atoms. The summed E-state index contributed by atoms with van der Waals surface area (Å²) in [5, 5.41) is 18.8. The molecule has 2 aromatic rings. The van der Waals surface area contributed by atoms with Crippen molar-refractivity contribution in [1.29, 1.82) is 0 Å². The van der Waals surface area contributed by atoms with Gasteiger partial charge in [-0.25, -0.2) is 13.2 Å². The Balaban J connectivity index is 0.000000541. The van der Waals surface area contributed by atoms with E-state index < -0.39 is 15.9 Å². The maximum atomic E-state index is 12.3. The smallest absolute Gasteiger partial charge is 0.402 e. The highest BCUT2D eigenvalue weighted by Crippen LogP contribution is 2.16. The first-order valence-electron chi connectivity index (χ1n) is 5.95. The fraction of sp³-hybridized carbons (Fsp3) is 0. The van der Waals surface area contributed by atoms with Crippen LogP contribution in [0.15, 0.2) is 70.7 Å². The van der Waals surface area contributed by atoms with Gasteiger partial charge in [0.15, 0.2) is 0 Å². The van der Waals surface area contributed by atoms with Crippen molar-refractivity contribution in [2.24, 2.45) is 10.9 Å². The van der Waals surface area contributed by atoms with Gasteiger partial charge < -0.3 is 16.0 Å². The van der Waals surface area contributed by atoms with Crippen LogP contribution in [-0.4, -0.2) is 29.9 Å². The van der Waals surface area contributed by atoms with E-state index in [-0.39, 0.29) is 9.94 Å². The molecule has 0 aliphatic heterocycles. The predicted molar refractivity (Wildman–Crippen MR) is 80.6 cm³/mol. The SMILES string of the molecule is NC(=O)O.O=S(=O)(/C(=N/O)c1ccccc1)c1ccccc1. The molecule has 0 saturated carbocycles. The molecule has 2 aromatic carbocycles. The molecule has 0 bridgehead atoms. The number of amides is 1. The summed E-state index contributed by atoms with van der Waals surface area (Å²) in [6.07, 6.45) is -1.33. The summed E-state index contributed by atoms with van der Waals surface area (Å²) in [4.78, 5) is 8.88. The summed E-state index contributed by atoms with van der Waals surface area (Å²) in [7, 11) is -3.80. The molecule has 0 saturated heterocycles. The number of oxime groups is 1. The van der Waals surface area contributed by atoms with Crippen LogP contribution < -0.4 is 5.73 Å². The lowest BCUT2D eigenvalue weighted by atomic mass is 10.2. The Hall–Kier alpha value is -2.87. The van der Waals surface area contributed by atoms with Crippen LogP contribution in [0.2, 0.25) is 0 Å². The minimum atomic E-state index is -3.80. The number of rotatable bonds is 2. The molecule has 0 aromatic heterocycles. The van der Waals surface area contributed by atoms with E-state index in [4.69, 9.17) is 15.1 Å². The Morgan fingerprint density at radius 1 is 0.955 bits per heavy atom. The molecular formula is C14H14N2O5S. The summed E-state index contributed by atoms with van der Waals surface area (Å²) in [6, 6.07) is 16.2. The van der Waals surface area contributed by atoms with Crippen molar-refractivity contribution >= 4 is 21.0 Å². The molecule has 0 fully saturated rings. The van der Waals surface area contributed by atoms with Crippen LogP contribution in [0.1, 0.15) is 5.56 Å². The van der Waals surface area contributed by atoms with Gasteiger partial charge in [-0.15, -0.1) is 0 Å². The van der Waals surface area contributed by atoms with Gasteiger partial charge in [0.2, 0.25) is 14.9 Å². The Morgan fingerprint density at radius 3 is 1.77 bits per heavy atom. The molecule has 0 aliphatic rings. The third-order valence-corrected chi connectivity index (χ3v) is 4.14. The van der Waals surface area contributed by atoms with Gasteiger partial charge in [0.25, 0.3) is 0 Å². The van der Waals surface area contributed by atoms with E-state index in [1.165, 1.54) is 12.1 Å². The Morgan fingerprint density at radius 2 is 1.36 bits per heavy atom. The van der Waals surface area contributed by atoms with E-state index in [1.807, 2.05) is 0 Å². The van der Waals surface area contributed by atoms with Crippen LogP contribution in [0.5, 0.6) is 0 Å². The molecule has 0 unspecified atom stereocenters. The van der Waals surface area contributed by atoms with Crippen molar-refractivity contribution in [3.05, 3.63) is 66.2 Å². The van der Waals surface area contributed by atoms with E-state index in [2.05, 4.69) is 10.9 Å². The summed E-state index contributed by atoms with van der Waals surface area (Å²) < 4.78 is 24.5. The lowest BCUT2D eigenvalue weighted by Crippen LogP contribution is -2.16. The predicted octanol–water partition coefficient (Wildman–Crippen LogP) is 1.92. The zero-order valence-electron chi connectivity index (χ0n) is 11.3. The lowest BCUT2D eigenvalue weighted by molar-refractivity contribution is 0.205. The molecule has 0 radical (unpaired) electrons. The number of carboxylic acid groups (broad SMARTS) is 1. The van der Waals surface area contributed by atoms with Crippen LogP contribution in [0.25, 0.3) is 0 Å². The fourth-order valence-electron chi connectivity index (χ4n) is 1.56. The van der Waals surface area contributed by atoms with E-state index in [0.717, 1.165) is 0 Å². The van der Waals surface area contributed by atoms with Crippen molar-refractivity contribution < 1.29 is 23.5 Å². The summed E-state index contributed by atoms with van der Waals surface area (Å²) >= 11 is 0. The van der Waals surface area contributed by atoms with E-state index in [9.17, 15) is 8.42 Å². The number of hydrogen-bond donors (Lipinski definition) is 3. The van der Waals surface area contributed by atoms with Crippen LogP contribution in [0.4, 0.5) is 4.79 Å². The molecule has 8 heteroatoms. The first-order chi connectivity index (χ1) is 10.4. The van der Waals surface area contributed by atoms with Gasteiger partial charge in [-0.3, -0.25) is 0 Å². The summed E-state index contributed by atoms with van der Waals surface area (Å²) in [5.41, 5.74) is 4.38. The average molecular weight is 322 g/mol. The molecule has 7 nitrogen and oxygen atoms in total. The molecule has 2 rings (SSSR count). The van der Waals surface area contributed by atoms with Crippen LogP contribution in [0.3, 0.4) is 0 Å². The number of primary amides is 1. The van der Waals surface area contributed by atoms with Gasteiger partial charge in [0.1, 0.15) is 0 Å². The maximum Gasteiger partial charge on any atom is 0.402 e. The quantitative estimate of drug-likeness (QED) is 0.336. The second kappa shape index (κ2) is 7.79. The average Bonchev–Trinajstić information content (AvgIpc) is 2.49. The van der Waals surface area contributed by atoms with Gasteiger partial charge in [0.05, 0.1) is 4.90 Å². The molecule has 0 atom stereocenters. The Bertz CT molecular complexity index is 739. The maximum absolute atomic E-state index is 12.3. The zero-order chi connectivity index (χ0) is 16.6. The standard InChI is InChI=1S/C13H11NO3S.CH3NO2/c15-14-13(11-7-3-1-4-8-11)18(16,17)12-9-5-2-6-10-12;2-1(3)4/h1-10,15H;2H2,(H,3,4)/b14-13+;. The second-order valence-corrected chi connectivity index (χ2v) is 5.79. The minimum absolute atomic E-state index is 0.0988. The van der Waals surface area contributed by atoms with Gasteiger partial charge >= 0.3 is 6.09 Å². The van der Waals surface area contributed by atoms with E-state index in [1.54, 1.807) is 48.5 Å². The highest BCUT2D eigenvalue weighted by Gasteiger charge is 2.24. The third kappa shape index (κ3) is 4.60. The summed E-state index contributed by atoms with van der Waals surface area (Å²) in [6.45, 7) is 0. The number of sulfone groups is 1. The molecule has 0 spiro atoms. The van der Waals surface area contributed by atoms with Gasteiger partial charge in [-0.1, -0.05) is 53.7 Å². The lowest BCUT2D eigenvalue weighted by Gasteiger charge is -2.06. The number of nitrogens with two attached hydrogens (primary N) is 1. The van der Waals surface area contributed by atoms with Crippen molar-refractivity contribution in [3.8, 4) is 0 Å². The number of carbonyl (C=O) groups is 1. The largest absolute Gasteiger partial charge is 0.465 e. The van der Waals surface area contributed by atoms with Gasteiger partial charge in [0, 0.05) is 5.56 Å². The van der Waals surface area contributed by atoms with Crippen molar-refractivity contribution in [3.63, 3.8) is 0 Å². The first kappa shape index (κ1) is 17.2. The summed E-state index contributed by atoms with van der Waals surface area (Å²) in [5.74, 6) is 0. The van der Waals surface area contributed by atoms with Crippen LogP contribution >= 0.6 is 0 Å². The first-order valence-corrected chi connectivity index (χ1v) is 7.44. The van der Waals surface area contributed by atoms with Gasteiger partial charge in [-0.2, -0.15) is 0 Å². The van der Waals surface area contributed by atoms with Crippen LogP contribution in [0, 0.1) is 0 Å². The molecule has 0 heterocycles. The fourth-order valence-corrected chi connectivity index (χ4v) is 2.85. The Kier molecular flexibility index (Phi) is 6.09. The number of hydrogen-bond acceptors (Lipinski definition) is 5.